The Morgan fingerprint density at radius 2 is 1.94 bits per heavy atom. The zero-order valence-corrected chi connectivity index (χ0v) is 12.9. The summed E-state index contributed by atoms with van der Waals surface area (Å²) in [5.41, 5.74) is 1.88. The van der Waals surface area contributed by atoms with Crippen LogP contribution in [0.2, 0.25) is 0 Å². The Morgan fingerprint density at radius 1 is 1.28 bits per heavy atom. The molecule has 1 unspecified atom stereocenters. The number of hydrogen-bond acceptors (Lipinski definition) is 2. The summed E-state index contributed by atoms with van der Waals surface area (Å²) in [6, 6.07) is 2.12. The number of nitrogens with zero attached hydrogens (tertiary/aromatic N) is 2. The summed E-state index contributed by atoms with van der Waals surface area (Å²) in [5, 5.41) is 7.87. The Balaban J connectivity index is 2.52. The Bertz CT molecular complexity index is 362. The van der Waals surface area contributed by atoms with Crippen LogP contribution in [0.1, 0.15) is 53.2 Å². The molecule has 0 saturated heterocycles. The lowest BCUT2D eigenvalue weighted by Gasteiger charge is -2.33. The van der Waals surface area contributed by atoms with E-state index in [9.17, 15) is 0 Å². The second kappa shape index (κ2) is 5.87. The van der Waals surface area contributed by atoms with E-state index < -0.39 is 0 Å². The Labute approximate surface area is 112 Å². The minimum atomic E-state index is 0.197. The number of aromatic nitrogens is 2. The van der Waals surface area contributed by atoms with Gasteiger partial charge in [0.25, 0.3) is 0 Å². The Kier molecular flexibility index (Phi) is 4.97. The van der Waals surface area contributed by atoms with E-state index in [2.05, 4.69) is 51.1 Å². The van der Waals surface area contributed by atoms with Crippen molar-refractivity contribution in [2.24, 2.45) is 12.5 Å². The molecule has 0 fully saturated rings. The first-order valence-corrected chi connectivity index (χ1v) is 6.98. The van der Waals surface area contributed by atoms with Crippen molar-refractivity contribution in [3.05, 3.63) is 18.0 Å². The third-order valence-corrected chi connectivity index (χ3v) is 3.81. The summed E-state index contributed by atoms with van der Waals surface area (Å²) in [4.78, 5) is 0. The second-order valence-electron chi connectivity index (χ2n) is 6.71. The highest BCUT2D eigenvalue weighted by Crippen LogP contribution is 2.27. The molecule has 0 radical (unpaired) electrons. The average molecular weight is 251 g/mol. The minimum Gasteiger partial charge on any atom is -0.312 e. The van der Waals surface area contributed by atoms with Crippen LogP contribution in [0.4, 0.5) is 0 Å². The molecule has 0 spiro atoms. The van der Waals surface area contributed by atoms with Gasteiger partial charge in [-0.25, -0.2) is 0 Å². The number of aryl methyl sites for hydroxylation is 2. The van der Waals surface area contributed by atoms with E-state index in [1.165, 1.54) is 18.5 Å². The first-order chi connectivity index (χ1) is 8.26. The van der Waals surface area contributed by atoms with Crippen LogP contribution in [0.3, 0.4) is 0 Å². The van der Waals surface area contributed by atoms with Crippen molar-refractivity contribution in [1.29, 1.82) is 0 Å². The molecule has 3 heteroatoms. The van der Waals surface area contributed by atoms with Gasteiger partial charge in [0.1, 0.15) is 0 Å². The molecule has 0 aliphatic rings. The maximum absolute atomic E-state index is 4.23. The summed E-state index contributed by atoms with van der Waals surface area (Å²) < 4.78 is 1.98. The van der Waals surface area contributed by atoms with Crippen LogP contribution in [0.5, 0.6) is 0 Å². The third kappa shape index (κ3) is 4.81. The summed E-state index contributed by atoms with van der Waals surface area (Å²) in [5.74, 6) is 0. The lowest BCUT2D eigenvalue weighted by molar-refractivity contribution is 0.238. The van der Waals surface area contributed by atoms with E-state index in [0.29, 0.717) is 5.41 Å². The zero-order chi connectivity index (χ0) is 13.8. The molecule has 0 bridgehead atoms. The van der Waals surface area contributed by atoms with Crippen molar-refractivity contribution in [2.75, 3.05) is 6.54 Å². The molecule has 3 nitrogen and oxygen atoms in total. The number of rotatable bonds is 6. The van der Waals surface area contributed by atoms with E-state index >= 15 is 0 Å². The summed E-state index contributed by atoms with van der Waals surface area (Å²) in [7, 11) is 2.02. The highest BCUT2D eigenvalue weighted by atomic mass is 15.2. The molecule has 1 aromatic heterocycles. The van der Waals surface area contributed by atoms with E-state index in [-0.39, 0.29) is 5.54 Å². The predicted molar refractivity (Wildman–Crippen MR) is 77.7 cm³/mol. The van der Waals surface area contributed by atoms with Gasteiger partial charge >= 0.3 is 0 Å². The highest BCUT2D eigenvalue weighted by Gasteiger charge is 2.24. The molecule has 1 N–H and O–H groups in total. The highest BCUT2D eigenvalue weighted by molar-refractivity contribution is 5.01. The molecule has 0 aliphatic heterocycles. The van der Waals surface area contributed by atoms with Crippen LogP contribution in [0.25, 0.3) is 0 Å². The van der Waals surface area contributed by atoms with Gasteiger partial charge in [-0.2, -0.15) is 5.10 Å². The molecular weight excluding hydrogens is 222 g/mol. The Hall–Kier alpha value is -0.830. The SMILES string of the molecule is CCC(C)(CCc1ccnn1C)CNC(C)(C)C. The van der Waals surface area contributed by atoms with Crippen molar-refractivity contribution in [2.45, 2.75) is 59.4 Å². The van der Waals surface area contributed by atoms with Crippen molar-refractivity contribution in [3.8, 4) is 0 Å². The van der Waals surface area contributed by atoms with E-state index in [0.717, 1.165) is 13.0 Å². The first kappa shape index (κ1) is 15.2. The van der Waals surface area contributed by atoms with Crippen LogP contribution < -0.4 is 5.32 Å². The molecule has 0 saturated carbocycles. The van der Waals surface area contributed by atoms with E-state index in [1.807, 2.05) is 17.9 Å². The molecule has 18 heavy (non-hydrogen) atoms. The lowest BCUT2D eigenvalue weighted by Crippen LogP contribution is -2.43. The van der Waals surface area contributed by atoms with Gasteiger partial charge in [-0.3, -0.25) is 4.68 Å². The van der Waals surface area contributed by atoms with E-state index in [1.54, 1.807) is 0 Å². The average Bonchev–Trinajstić information content (AvgIpc) is 2.69. The second-order valence-corrected chi connectivity index (χ2v) is 6.71. The molecule has 1 rings (SSSR count). The summed E-state index contributed by atoms with van der Waals surface area (Å²) >= 11 is 0. The van der Waals surface area contributed by atoms with Crippen LogP contribution in [-0.4, -0.2) is 21.9 Å². The first-order valence-electron chi connectivity index (χ1n) is 6.98. The van der Waals surface area contributed by atoms with Crippen LogP contribution in [-0.2, 0) is 13.5 Å². The third-order valence-electron chi connectivity index (χ3n) is 3.81. The summed E-state index contributed by atoms with van der Waals surface area (Å²) in [6.45, 7) is 12.4. The van der Waals surface area contributed by atoms with Gasteiger partial charge in [0.05, 0.1) is 0 Å². The molecule has 0 aliphatic carbocycles. The van der Waals surface area contributed by atoms with E-state index in [4.69, 9.17) is 0 Å². The standard InChI is InChI=1S/C15H29N3/c1-7-15(5,12-16-14(2,3)4)10-8-13-9-11-17-18(13)6/h9,11,16H,7-8,10,12H2,1-6H3. The molecule has 104 valence electrons. The molecular formula is C15H29N3. The fourth-order valence-corrected chi connectivity index (χ4v) is 1.95. The lowest BCUT2D eigenvalue weighted by atomic mass is 9.81. The Morgan fingerprint density at radius 3 is 2.39 bits per heavy atom. The fourth-order valence-electron chi connectivity index (χ4n) is 1.95. The molecule has 1 atom stereocenters. The maximum atomic E-state index is 4.23. The van der Waals surface area contributed by atoms with Crippen molar-refractivity contribution < 1.29 is 0 Å². The minimum absolute atomic E-state index is 0.197. The van der Waals surface area contributed by atoms with Crippen molar-refractivity contribution in [3.63, 3.8) is 0 Å². The number of hydrogen-bond donors (Lipinski definition) is 1. The normalized spacial score (nSPS) is 15.7. The summed E-state index contributed by atoms with van der Waals surface area (Å²) in [6.07, 6.45) is 5.39. The quantitative estimate of drug-likeness (QED) is 0.841. The van der Waals surface area contributed by atoms with Crippen molar-refractivity contribution in [1.82, 2.24) is 15.1 Å². The maximum Gasteiger partial charge on any atom is 0.0492 e. The predicted octanol–water partition coefficient (Wildman–Crippen LogP) is 3.16. The van der Waals surface area contributed by atoms with Gasteiger partial charge in [0.15, 0.2) is 0 Å². The van der Waals surface area contributed by atoms with Gasteiger partial charge in [0, 0.05) is 31.0 Å². The molecule has 1 aromatic rings. The van der Waals surface area contributed by atoms with Crippen LogP contribution in [0, 0.1) is 5.41 Å². The van der Waals surface area contributed by atoms with Gasteiger partial charge in [-0.1, -0.05) is 13.8 Å². The van der Waals surface area contributed by atoms with Gasteiger partial charge in [0.2, 0.25) is 0 Å². The molecule has 0 aromatic carbocycles. The number of nitrogens with one attached hydrogen (secondary N) is 1. The topological polar surface area (TPSA) is 29.9 Å². The van der Waals surface area contributed by atoms with Crippen molar-refractivity contribution >= 4 is 0 Å². The van der Waals surface area contributed by atoms with Gasteiger partial charge < -0.3 is 5.32 Å². The molecule has 0 amide bonds. The van der Waals surface area contributed by atoms with Crippen LogP contribution in [0.15, 0.2) is 12.3 Å². The monoisotopic (exact) mass is 251 g/mol. The van der Waals surface area contributed by atoms with Crippen LogP contribution >= 0.6 is 0 Å². The zero-order valence-electron chi connectivity index (χ0n) is 12.9. The van der Waals surface area contributed by atoms with Gasteiger partial charge in [-0.15, -0.1) is 0 Å². The fraction of sp³-hybridized carbons (Fsp3) is 0.800. The van der Waals surface area contributed by atoms with Gasteiger partial charge in [-0.05, 0) is 51.5 Å². The largest absolute Gasteiger partial charge is 0.312 e. The molecule has 1 heterocycles. The smallest absolute Gasteiger partial charge is 0.0492 e.